The molecule has 0 aliphatic carbocycles. The first-order valence-corrected chi connectivity index (χ1v) is 6.99. The molecule has 1 aromatic heterocycles. The van der Waals surface area contributed by atoms with Crippen LogP contribution in [0.1, 0.15) is 13.3 Å². The minimum absolute atomic E-state index is 0.667. The fourth-order valence-electron chi connectivity index (χ4n) is 1.40. The maximum absolute atomic E-state index is 6.13. The number of nitrogens with one attached hydrogen (secondary N) is 1. The van der Waals surface area contributed by atoms with Gasteiger partial charge in [0.15, 0.2) is 5.13 Å². The Morgan fingerprint density at radius 1 is 1.35 bits per heavy atom. The molecule has 0 atom stereocenters. The van der Waals surface area contributed by atoms with Gasteiger partial charge in [-0.2, -0.15) is 0 Å². The summed E-state index contributed by atoms with van der Waals surface area (Å²) >= 11 is 13.7. The number of anilines is 1. The summed E-state index contributed by atoms with van der Waals surface area (Å²) in [5.74, 6) is 0. The first-order valence-electron chi connectivity index (χ1n) is 5.35. The molecule has 0 amide bonds. The van der Waals surface area contributed by atoms with E-state index in [1.165, 1.54) is 0 Å². The second-order valence-electron chi connectivity index (χ2n) is 3.59. The fraction of sp³-hybridized carbons (Fsp3) is 0.250. The monoisotopic (exact) mass is 286 g/mol. The van der Waals surface area contributed by atoms with Gasteiger partial charge < -0.3 is 5.32 Å². The van der Waals surface area contributed by atoms with Crippen LogP contribution in [0.4, 0.5) is 5.13 Å². The van der Waals surface area contributed by atoms with E-state index in [1.807, 2.05) is 11.4 Å². The molecule has 2 nitrogen and oxygen atoms in total. The highest BCUT2D eigenvalue weighted by Gasteiger charge is 2.08. The highest BCUT2D eigenvalue weighted by molar-refractivity contribution is 7.14. The molecule has 0 aliphatic heterocycles. The molecule has 1 aromatic carbocycles. The molecule has 2 aromatic rings. The number of thiazole rings is 1. The number of benzene rings is 1. The van der Waals surface area contributed by atoms with Crippen molar-refractivity contribution in [2.45, 2.75) is 13.3 Å². The van der Waals surface area contributed by atoms with Gasteiger partial charge in [0.2, 0.25) is 0 Å². The van der Waals surface area contributed by atoms with Crippen LogP contribution >= 0.6 is 34.5 Å². The SMILES string of the molecule is CCCNc1nc(-c2cc(Cl)ccc2Cl)cs1. The Balaban J connectivity index is 2.27. The average molecular weight is 287 g/mol. The Morgan fingerprint density at radius 3 is 2.94 bits per heavy atom. The van der Waals surface area contributed by atoms with E-state index in [9.17, 15) is 0 Å². The molecule has 1 N–H and O–H groups in total. The molecule has 0 saturated carbocycles. The van der Waals surface area contributed by atoms with Gasteiger partial charge in [0.05, 0.1) is 10.7 Å². The predicted octanol–water partition coefficient (Wildman–Crippen LogP) is 4.94. The lowest BCUT2D eigenvalue weighted by Crippen LogP contribution is -1.98. The van der Waals surface area contributed by atoms with E-state index >= 15 is 0 Å². The second-order valence-corrected chi connectivity index (χ2v) is 5.29. The average Bonchev–Trinajstić information content (AvgIpc) is 2.78. The molecule has 90 valence electrons. The summed E-state index contributed by atoms with van der Waals surface area (Å²) in [7, 11) is 0. The molecule has 0 fully saturated rings. The van der Waals surface area contributed by atoms with Crippen LogP contribution in [0.15, 0.2) is 23.6 Å². The molecule has 5 heteroatoms. The lowest BCUT2D eigenvalue weighted by molar-refractivity contribution is 0.976. The first-order chi connectivity index (χ1) is 8.20. The third kappa shape index (κ3) is 3.12. The number of rotatable bonds is 4. The van der Waals surface area contributed by atoms with Gasteiger partial charge in [0.1, 0.15) is 0 Å². The van der Waals surface area contributed by atoms with Crippen LogP contribution < -0.4 is 5.32 Å². The first kappa shape index (κ1) is 12.7. The highest BCUT2D eigenvalue weighted by atomic mass is 35.5. The van der Waals surface area contributed by atoms with Crippen molar-refractivity contribution in [2.24, 2.45) is 0 Å². The van der Waals surface area contributed by atoms with Gasteiger partial charge in [-0.05, 0) is 24.6 Å². The zero-order valence-corrected chi connectivity index (χ0v) is 11.7. The van der Waals surface area contributed by atoms with E-state index in [0.29, 0.717) is 10.0 Å². The zero-order valence-electron chi connectivity index (χ0n) is 9.34. The summed E-state index contributed by atoms with van der Waals surface area (Å²) < 4.78 is 0. The molecule has 0 saturated heterocycles. The highest BCUT2D eigenvalue weighted by Crippen LogP contribution is 2.32. The normalized spacial score (nSPS) is 10.5. The molecule has 2 rings (SSSR count). The summed E-state index contributed by atoms with van der Waals surface area (Å²) in [5.41, 5.74) is 1.74. The van der Waals surface area contributed by atoms with Crippen molar-refractivity contribution in [1.82, 2.24) is 4.98 Å². The maximum Gasteiger partial charge on any atom is 0.183 e. The van der Waals surface area contributed by atoms with Crippen molar-refractivity contribution in [3.05, 3.63) is 33.6 Å². The smallest absolute Gasteiger partial charge is 0.183 e. The molecule has 1 heterocycles. The molecule has 0 spiro atoms. The van der Waals surface area contributed by atoms with E-state index in [-0.39, 0.29) is 0 Å². The van der Waals surface area contributed by atoms with Gasteiger partial charge in [-0.1, -0.05) is 30.1 Å². The Hall–Kier alpha value is -0.770. The minimum atomic E-state index is 0.667. The maximum atomic E-state index is 6.13. The van der Waals surface area contributed by atoms with Crippen LogP contribution in [-0.2, 0) is 0 Å². The summed E-state index contributed by atoms with van der Waals surface area (Å²) in [6, 6.07) is 5.40. The summed E-state index contributed by atoms with van der Waals surface area (Å²) in [5, 5.41) is 7.48. The van der Waals surface area contributed by atoms with Gasteiger partial charge in [-0.3, -0.25) is 0 Å². The Morgan fingerprint density at radius 2 is 2.18 bits per heavy atom. The Kier molecular flexibility index (Phi) is 4.26. The molecule has 0 unspecified atom stereocenters. The van der Waals surface area contributed by atoms with E-state index < -0.39 is 0 Å². The second kappa shape index (κ2) is 5.71. The topological polar surface area (TPSA) is 24.9 Å². The van der Waals surface area contributed by atoms with Gasteiger partial charge in [-0.15, -0.1) is 11.3 Å². The Bertz CT molecular complexity index is 511. The largest absolute Gasteiger partial charge is 0.362 e. The van der Waals surface area contributed by atoms with Gasteiger partial charge in [-0.25, -0.2) is 4.98 Å². The molecular weight excluding hydrogens is 275 g/mol. The number of nitrogens with zero attached hydrogens (tertiary/aromatic N) is 1. The predicted molar refractivity (Wildman–Crippen MR) is 76.4 cm³/mol. The number of hydrogen-bond donors (Lipinski definition) is 1. The quantitative estimate of drug-likeness (QED) is 0.861. The van der Waals surface area contributed by atoms with Crippen molar-refractivity contribution in [1.29, 1.82) is 0 Å². The Labute approximate surface area is 115 Å². The van der Waals surface area contributed by atoms with Crippen molar-refractivity contribution >= 4 is 39.7 Å². The summed E-state index contributed by atoms with van der Waals surface area (Å²) in [6.45, 7) is 3.05. The molecule has 0 bridgehead atoms. The van der Waals surface area contributed by atoms with E-state index in [1.54, 1.807) is 23.5 Å². The van der Waals surface area contributed by atoms with Gasteiger partial charge in [0.25, 0.3) is 0 Å². The standard InChI is InChI=1S/C12H12Cl2N2S/c1-2-5-15-12-16-11(7-17-12)9-6-8(13)3-4-10(9)14/h3-4,6-7H,2,5H2,1H3,(H,15,16). The third-order valence-corrected chi connectivity index (χ3v) is 3.60. The lowest BCUT2D eigenvalue weighted by Gasteiger charge is -2.01. The zero-order chi connectivity index (χ0) is 12.3. The van der Waals surface area contributed by atoms with Crippen LogP contribution in [0.3, 0.4) is 0 Å². The molecule has 0 radical (unpaired) electrons. The van der Waals surface area contributed by atoms with Gasteiger partial charge in [0, 0.05) is 22.5 Å². The van der Waals surface area contributed by atoms with Crippen LogP contribution in [0.25, 0.3) is 11.3 Å². The molecular formula is C12H12Cl2N2S. The van der Waals surface area contributed by atoms with Crippen LogP contribution in [0, 0.1) is 0 Å². The fourth-order valence-corrected chi connectivity index (χ4v) is 2.53. The van der Waals surface area contributed by atoms with E-state index in [0.717, 1.165) is 29.4 Å². The van der Waals surface area contributed by atoms with Crippen molar-refractivity contribution in [3.8, 4) is 11.3 Å². The summed E-state index contributed by atoms with van der Waals surface area (Å²) in [4.78, 5) is 4.48. The molecule has 17 heavy (non-hydrogen) atoms. The number of aromatic nitrogens is 1. The van der Waals surface area contributed by atoms with E-state index in [4.69, 9.17) is 23.2 Å². The van der Waals surface area contributed by atoms with Crippen molar-refractivity contribution in [3.63, 3.8) is 0 Å². The van der Waals surface area contributed by atoms with Crippen LogP contribution in [-0.4, -0.2) is 11.5 Å². The van der Waals surface area contributed by atoms with E-state index in [2.05, 4.69) is 17.2 Å². The summed E-state index contributed by atoms with van der Waals surface area (Å²) in [6.07, 6.45) is 1.08. The van der Waals surface area contributed by atoms with Crippen molar-refractivity contribution < 1.29 is 0 Å². The lowest BCUT2D eigenvalue weighted by atomic mass is 10.2. The van der Waals surface area contributed by atoms with Crippen LogP contribution in [0.5, 0.6) is 0 Å². The van der Waals surface area contributed by atoms with Gasteiger partial charge >= 0.3 is 0 Å². The minimum Gasteiger partial charge on any atom is -0.362 e. The van der Waals surface area contributed by atoms with Crippen molar-refractivity contribution in [2.75, 3.05) is 11.9 Å². The number of halogens is 2. The number of hydrogen-bond acceptors (Lipinski definition) is 3. The third-order valence-electron chi connectivity index (χ3n) is 2.23. The molecule has 0 aliphatic rings. The van der Waals surface area contributed by atoms with Crippen LogP contribution in [0.2, 0.25) is 10.0 Å².